The molecule has 1 atom stereocenters. The van der Waals surface area contributed by atoms with Crippen molar-refractivity contribution in [2.75, 3.05) is 23.9 Å². The number of aryl methyl sites for hydroxylation is 1. The van der Waals surface area contributed by atoms with Gasteiger partial charge < -0.3 is 14.8 Å². The molecule has 3 rings (SSSR count). The first-order chi connectivity index (χ1) is 11.1. The van der Waals surface area contributed by atoms with Crippen LogP contribution < -0.4 is 19.7 Å². The minimum absolute atomic E-state index is 0.0544. The maximum Gasteiger partial charge on any atom is 0.326 e. The molecule has 0 radical (unpaired) electrons. The minimum Gasteiger partial charge on any atom is -0.497 e. The van der Waals surface area contributed by atoms with Crippen molar-refractivity contribution in [1.29, 1.82) is 0 Å². The van der Waals surface area contributed by atoms with E-state index >= 15 is 0 Å². The molecule has 120 valence electrons. The number of rotatable bonds is 2. The summed E-state index contributed by atoms with van der Waals surface area (Å²) in [6.07, 6.45) is -0.0544. The van der Waals surface area contributed by atoms with Gasteiger partial charge >= 0.3 is 6.03 Å². The van der Waals surface area contributed by atoms with E-state index in [1.54, 1.807) is 18.1 Å². The van der Waals surface area contributed by atoms with Gasteiger partial charge in [0.05, 0.1) is 19.3 Å². The third-order valence-corrected chi connectivity index (χ3v) is 3.74. The summed E-state index contributed by atoms with van der Waals surface area (Å²) in [5, 5.41) is 2.92. The van der Waals surface area contributed by atoms with Crippen molar-refractivity contribution in [3.05, 3.63) is 48.0 Å². The molecule has 2 amide bonds. The molecule has 0 aliphatic carbocycles. The van der Waals surface area contributed by atoms with Gasteiger partial charge in [-0.1, -0.05) is 12.1 Å². The predicted octanol–water partition coefficient (Wildman–Crippen LogP) is 3.82. The second kappa shape index (κ2) is 6.20. The summed E-state index contributed by atoms with van der Waals surface area (Å²) in [6.45, 7) is 4.46. The molecule has 0 saturated carbocycles. The molecule has 1 aliphatic heterocycles. The molecule has 0 unspecified atom stereocenters. The number of nitrogens with zero attached hydrogens (tertiary/aromatic N) is 1. The largest absolute Gasteiger partial charge is 0.497 e. The second-order valence-corrected chi connectivity index (χ2v) is 5.67. The lowest BCUT2D eigenvalue weighted by atomic mass is 10.1. The SMILES string of the molecule is COc1cccc(NC(=O)N2C[C@@H](C)Oc3ccc(C)cc32)c1. The highest BCUT2D eigenvalue weighted by Gasteiger charge is 2.27. The summed E-state index contributed by atoms with van der Waals surface area (Å²) in [6, 6.07) is 13.0. The van der Waals surface area contributed by atoms with Gasteiger partial charge in [0.15, 0.2) is 0 Å². The zero-order chi connectivity index (χ0) is 16.4. The number of anilines is 2. The van der Waals surface area contributed by atoms with E-state index in [9.17, 15) is 4.79 Å². The molecule has 2 aromatic carbocycles. The van der Waals surface area contributed by atoms with Crippen molar-refractivity contribution in [1.82, 2.24) is 0 Å². The third kappa shape index (κ3) is 3.23. The van der Waals surface area contributed by atoms with Crippen LogP contribution in [0.5, 0.6) is 11.5 Å². The average molecular weight is 312 g/mol. The summed E-state index contributed by atoms with van der Waals surface area (Å²) in [5.41, 5.74) is 2.58. The Hall–Kier alpha value is -2.69. The number of carbonyl (C=O) groups is 1. The van der Waals surface area contributed by atoms with E-state index in [2.05, 4.69) is 5.32 Å². The van der Waals surface area contributed by atoms with Crippen LogP contribution in [0.25, 0.3) is 0 Å². The monoisotopic (exact) mass is 312 g/mol. The van der Waals surface area contributed by atoms with Gasteiger partial charge in [0, 0.05) is 11.8 Å². The van der Waals surface area contributed by atoms with Crippen LogP contribution in [-0.4, -0.2) is 25.8 Å². The lowest BCUT2D eigenvalue weighted by molar-refractivity contribution is 0.208. The lowest BCUT2D eigenvalue weighted by Gasteiger charge is -2.33. The first-order valence-corrected chi connectivity index (χ1v) is 7.56. The Labute approximate surface area is 135 Å². The van der Waals surface area contributed by atoms with Crippen LogP contribution in [0.2, 0.25) is 0 Å². The van der Waals surface area contributed by atoms with Crippen molar-refractivity contribution >= 4 is 17.4 Å². The quantitative estimate of drug-likeness (QED) is 0.917. The zero-order valence-corrected chi connectivity index (χ0v) is 13.5. The van der Waals surface area contributed by atoms with Crippen LogP contribution >= 0.6 is 0 Å². The normalized spacial score (nSPS) is 16.3. The van der Waals surface area contributed by atoms with Crippen LogP contribution in [0.3, 0.4) is 0 Å². The fraction of sp³-hybridized carbons (Fsp3) is 0.278. The number of nitrogens with one attached hydrogen (secondary N) is 1. The number of hydrogen-bond acceptors (Lipinski definition) is 3. The fourth-order valence-corrected chi connectivity index (χ4v) is 2.63. The Bertz CT molecular complexity index is 730. The van der Waals surface area contributed by atoms with Gasteiger partial charge in [-0.3, -0.25) is 4.90 Å². The number of fused-ring (bicyclic) bond motifs is 1. The van der Waals surface area contributed by atoms with Crippen molar-refractivity contribution in [3.8, 4) is 11.5 Å². The standard InChI is InChI=1S/C18H20N2O3/c1-12-7-8-17-16(9-12)20(11-13(2)23-17)18(21)19-14-5-4-6-15(10-14)22-3/h4-10,13H,11H2,1-3H3,(H,19,21)/t13-/m1/s1. The van der Waals surface area contributed by atoms with Gasteiger partial charge in [0.2, 0.25) is 0 Å². The van der Waals surface area contributed by atoms with E-state index < -0.39 is 0 Å². The average Bonchev–Trinajstić information content (AvgIpc) is 2.54. The van der Waals surface area contributed by atoms with Gasteiger partial charge in [-0.05, 0) is 43.7 Å². The van der Waals surface area contributed by atoms with E-state index in [0.29, 0.717) is 18.0 Å². The smallest absolute Gasteiger partial charge is 0.326 e. The molecular weight excluding hydrogens is 292 g/mol. The van der Waals surface area contributed by atoms with Crippen molar-refractivity contribution in [2.24, 2.45) is 0 Å². The Kier molecular flexibility index (Phi) is 4.10. The van der Waals surface area contributed by atoms with Crippen LogP contribution in [0.1, 0.15) is 12.5 Å². The van der Waals surface area contributed by atoms with Gasteiger partial charge in [-0.25, -0.2) is 4.79 Å². The highest BCUT2D eigenvalue weighted by Crippen LogP contribution is 2.34. The number of hydrogen-bond donors (Lipinski definition) is 1. The molecule has 0 fully saturated rings. The van der Waals surface area contributed by atoms with Gasteiger partial charge in [0.1, 0.15) is 17.6 Å². The zero-order valence-electron chi connectivity index (χ0n) is 13.5. The van der Waals surface area contributed by atoms with Gasteiger partial charge in [-0.2, -0.15) is 0 Å². The second-order valence-electron chi connectivity index (χ2n) is 5.67. The topological polar surface area (TPSA) is 50.8 Å². The molecule has 0 saturated heterocycles. The predicted molar refractivity (Wildman–Crippen MR) is 90.6 cm³/mol. The Balaban J connectivity index is 1.86. The number of ether oxygens (including phenoxy) is 2. The summed E-state index contributed by atoms with van der Waals surface area (Å²) < 4.78 is 11.0. The molecule has 1 N–H and O–H groups in total. The molecule has 5 nitrogen and oxygen atoms in total. The number of amides is 2. The number of methoxy groups -OCH3 is 1. The molecule has 23 heavy (non-hydrogen) atoms. The van der Waals surface area contributed by atoms with Crippen molar-refractivity contribution in [2.45, 2.75) is 20.0 Å². The van der Waals surface area contributed by atoms with Crippen LogP contribution in [0.4, 0.5) is 16.2 Å². The molecule has 0 spiro atoms. The van der Waals surface area contributed by atoms with Crippen LogP contribution in [0.15, 0.2) is 42.5 Å². The summed E-state index contributed by atoms with van der Waals surface area (Å²) in [7, 11) is 1.60. The van der Waals surface area contributed by atoms with Gasteiger partial charge in [-0.15, -0.1) is 0 Å². The van der Waals surface area contributed by atoms with E-state index in [1.165, 1.54) is 0 Å². The molecule has 5 heteroatoms. The van der Waals surface area contributed by atoms with Crippen molar-refractivity contribution in [3.63, 3.8) is 0 Å². The fourth-order valence-electron chi connectivity index (χ4n) is 2.63. The highest BCUT2D eigenvalue weighted by atomic mass is 16.5. The van der Waals surface area contributed by atoms with Crippen LogP contribution in [-0.2, 0) is 0 Å². The van der Waals surface area contributed by atoms with Gasteiger partial charge in [0.25, 0.3) is 0 Å². The molecule has 0 aromatic heterocycles. The number of carbonyl (C=O) groups excluding carboxylic acids is 1. The van der Waals surface area contributed by atoms with E-state index in [0.717, 1.165) is 17.0 Å². The molecular formula is C18H20N2O3. The number of urea groups is 1. The maximum absolute atomic E-state index is 12.7. The van der Waals surface area contributed by atoms with E-state index in [4.69, 9.17) is 9.47 Å². The van der Waals surface area contributed by atoms with E-state index in [1.807, 2.05) is 50.2 Å². The first kappa shape index (κ1) is 15.2. The highest BCUT2D eigenvalue weighted by molar-refractivity contribution is 6.03. The maximum atomic E-state index is 12.7. The molecule has 0 bridgehead atoms. The molecule has 2 aromatic rings. The molecule has 1 aliphatic rings. The number of benzene rings is 2. The van der Waals surface area contributed by atoms with Crippen LogP contribution in [0, 0.1) is 6.92 Å². The Morgan fingerprint density at radius 1 is 1.30 bits per heavy atom. The Morgan fingerprint density at radius 2 is 2.13 bits per heavy atom. The minimum atomic E-state index is -0.180. The summed E-state index contributed by atoms with van der Waals surface area (Å²) in [4.78, 5) is 14.4. The Morgan fingerprint density at radius 3 is 2.91 bits per heavy atom. The third-order valence-electron chi connectivity index (χ3n) is 3.74. The van der Waals surface area contributed by atoms with Crippen molar-refractivity contribution < 1.29 is 14.3 Å². The lowest BCUT2D eigenvalue weighted by Crippen LogP contribution is -2.44. The summed E-state index contributed by atoms with van der Waals surface area (Å²) >= 11 is 0. The first-order valence-electron chi connectivity index (χ1n) is 7.56. The summed E-state index contributed by atoms with van der Waals surface area (Å²) in [5.74, 6) is 1.43. The molecule has 1 heterocycles. The van der Waals surface area contributed by atoms with E-state index in [-0.39, 0.29) is 12.1 Å².